The first-order chi connectivity index (χ1) is 12.8. The first kappa shape index (κ1) is 19.0. The number of nitrogens with zero attached hydrogens (tertiary/aromatic N) is 1. The second kappa shape index (κ2) is 7.87. The number of rotatable bonds is 6. The van der Waals surface area contributed by atoms with Crippen LogP contribution >= 0.6 is 0 Å². The molecule has 1 amide bonds. The Balaban J connectivity index is 1.60. The number of hydrogen-bond donors (Lipinski definition) is 1. The van der Waals surface area contributed by atoms with Crippen LogP contribution in [0, 0.1) is 6.92 Å². The molecule has 0 aliphatic carbocycles. The molecular formula is C19H22N2O5S. The highest BCUT2D eigenvalue weighted by Gasteiger charge is 2.24. The van der Waals surface area contributed by atoms with Gasteiger partial charge in [0.1, 0.15) is 19.3 Å². The largest absolute Gasteiger partial charge is 0.486 e. The Morgan fingerprint density at radius 1 is 1.19 bits per heavy atom. The van der Waals surface area contributed by atoms with Gasteiger partial charge in [-0.05, 0) is 36.8 Å². The third-order valence-electron chi connectivity index (χ3n) is 4.07. The lowest BCUT2D eigenvalue weighted by atomic mass is 10.2. The van der Waals surface area contributed by atoms with E-state index in [-0.39, 0.29) is 19.2 Å². The molecule has 2 aromatic carbocycles. The molecule has 1 N–H and O–H groups in total. The molecule has 144 valence electrons. The third kappa shape index (κ3) is 4.91. The highest BCUT2D eigenvalue weighted by atomic mass is 32.2. The van der Waals surface area contributed by atoms with E-state index in [2.05, 4.69) is 5.32 Å². The van der Waals surface area contributed by atoms with Gasteiger partial charge in [-0.15, -0.1) is 0 Å². The second-order valence-corrected chi connectivity index (χ2v) is 8.32. The Labute approximate surface area is 158 Å². The predicted octanol–water partition coefficient (Wildman–Crippen LogP) is 1.72. The maximum Gasteiger partial charge on any atom is 0.240 e. The second-order valence-electron chi connectivity index (χ2n) is 6.41. The van der Waals surface area contributed by atoms with E-state index in [1.807, 2.05) is 31.2 Å². The van der Waals surface area contributed by atoms with Crippen molar-refractivity contribution in [3.8, 4) is 11.5 Å². The van der Waals surface area contributed by atoms with Crippen molar-refractivity contribution in [2.75, 3.05) is 30.3 Å². The van der Waals surface area contributed by atoms with Gasteiger partial charge in [-0.2, -0.15) is 0 Å². The molecule has 0 saturated carbocycles. The molecule has 2 aromatic rings. The van der Waals surface area contributed by atoms with Crippen LogP contribution in [0.15, 0.2) is 48.5 Å². The van der Waals surface area contributed by atoms with E-state index in [9.17, 15) is 13.2 Å². The van der Waals surface area contributed by atoms with Gasteiger partial charge in [0.15, 0.2) is 11.5 Å². The van der Waals surface area contributed by atoms with Crippen molar-refractivity contribution in [1.29, 1.82) is 0 Å². The summed E-state index contributed by atoms with van der Waals surface area (Å²) < 4.78 is 36.7. The van der Waals surface area contributed by atoms with E-state index in [0.29, 0.717) is 23.8 Å². The molecule has 0 saturated heterocycles. The number of fused-ring (bicyclic) bond motifs is 1. The molecule has 7 nitrogen and oxygen atoms in total. The maximum absolute atomic E-state index is 12.3. The summed E-state index contributed by atoms with van der Waals surface area (Å²) >= 11 is 0. The molecule has 0 bridgehead atoms. The number of anilines is 1. The Kier molecular flexibility index (Phi) is 5.55. The van der Waals surface area contributed by atoms with Gasteiger partial charge < -0.3 is 14.8 Å². The van der Waals surface area contributed by atoms with Crippen molar-refractivity contribution in [3.63, 3.8) is 0 Å². The fourth-order valence-corrected chi connectivity index (χ4v) is 3.61. The molecule has 1 heterocycles. The third-order valence-corrected chi connectivity index (χ3v) is 5.21. The Hall–Kier alpha value is -2.74. The SMILES string of the molecule is Cc1cccc(N(CC(=O)NC[C@@H]2COc3ccccc3O2)S(C)(=O)=O)c1. The van der Waals surface area contributed by atoms with Gasteiger partial charge in [0.05, 0.1) is 18.5 Å². The summed E-state index contributed by atoms with van der Waals surface area (Å²) in [6.07, 6.45) is 0.743. The van der Waals surface area contributed by atoms with Crippen molar-refractivity contribution in [3.05, 3.63) is 54.1 Å². The van der Waals surface area contributed by atoms with Crippen LogP contribution < -0.4 is 19.1 Å². The van der Waals surface area contributed by atoms with E-state index in [4.69, 9.17) is 9.47 Å². The van der Waals surface area contributed by atoms with Crippen molar-refractivity contribution >= 4 is 21.6 Å². The van der Waals surface area contributed by atoms with E-state index in [1.54, 1.807) is 24.3 Å². The number of benzene rings is 2. The Morgan fingerprint density at radius 3 is 2.63 bits per heavy atom. The van der Waals surface area contributed by atoms with Crippen molar-refractivity contribution < 1.29 is 22.7 Å². The molecule has 8 heteroatoms. The summed E-state index contributed by atoms with van der Waals surface area (Å²) in [4.78, 5) is 12.3. The Bertz CT molecular complexity index is 929. The molecule has 0 spiro atoms. The lowest BCUT2D eigenvalue weighted by molar-refractivity contribution is -0.120. The number of carbonyl (C=O) groups excluding carboxylic acids is 1. The average molecular weight is 390 g/mol. The number of aryl methyl sites for hydroxylation is 1. The van der Waals surface area contributed by atoms with E-state index in [1.165, 1.54) is 0 Å². The van der Waals surface area contributed by atoms with Crippen LogP contribution in [0.5, 0.6) is 11.5 Å². The van der Waals surface area contributed by atoms with Crippen LogP contribution in [0.3, 0.4) is 0 Å². The van der Waals surface area contributed by atoms with Gasteiger partial charge in [0.2, 0.25) is 15.9 Å². The van der Waals surface area contributed by atoms with Gasteiger partial charge in [-0.1, -0.05) is 24.3 Å². The van der Waals surface area contributed by atoms with Gasteiger partial charge >= 0.3 is 0 Å². The monoisotopic (exact) mass is 390 g/mol. The van der Waals surface area contributed by atoms with Gasteiger partial charge in [-0.3, -0.25) is 9.10 Å². The van der Waals surface area contributed by atoms with Crippen LogP contribution in [-0.4, -0.2) is 46.4 Å². The van der Waals surface area contributed by atoms with E-state index >= 15 is 0 Å². The number of ether oxygens (including phenoxy) is 2. The normalized spacial score (nSPS) is 15.9. The lowest BCUT2D eigenvalue weighted by Gasteiger charge is -2.27. The summed E-state index contributed by atoms with van der Waals surface area (Å²) in [5.74, 6) is 0.882. The first-order valence-electron chi connectivity index (χ1n) is 8.52. The molecule has 0 unspecified atom stereocenters. The molecule has 3 rings (SSSR count). The van der Waals surface area contributed by atoms with E-state index in [0.717, 1.165) is 16.1 Å². The number of sulfonamides is 1. The lowest BCUT2D eigenvalue weighted by Crippen LogP contribution is -2.45. The van der Waals surface area contributed by atoms with Gasteiger partial charge in [0, 0.05) is 0 Å². The summed E-state index contributed by atoms with van der Waals surface area (Å²) in [5, 5.41) is 2.72. The topological polar surface area (TPSA) is 84.9 Å². The molecule has 27 heavy (non-hydrogen) atoms. The van der Waals surface area contributed by atoms with Crippen LogP contribution in [-0.2, 0) is 14.8 Å². The molecule has 1 aliphatic heterocycles. The summed E-state index contributed by atoms with van der Waals surface area (Å²) in [7, 11) is -3.60. The van der Waals surface area contributed by atoms with Crippen LogP contribution in [0.25, 0.3) is 0 Å². The van der Waals surface area contributed by atoms with Crippen molar-refractivity contribution in [2.45, 2.75) is 13.0 Å². The smallest absolute Gasteiger partial charge is 0.240 e. The molecule has 0 fully saturated rings. The minimum absolute atomic E-state index is 0.221. The van der Waals surface area contributed by atoms with Crippen LogP contribution in [0.1, 0.15) is 5.56 Å². The average Bonchev–Trinajstić information content (AvgIpc) is 2.63. The summed E-state index contributed by atoms with van der Waals surface area (Å²) in [6.45, 7) is 2.10. The first-order valence-corrected chi connectivity index (χ1v) is 10.4. The number of nitrogens with one attached hydrogen (secondary N) is 1. The van der Waals surface area contributed by atoms with Gasteiger partial charge in [-0.25, -0.2) is 8.42 Å². The Morgan fingerprint density at radius 2 is 1.93 bits per heavy atom. The highest BCUT2D eigenvalue weighted by Crippen LogP contribution is 2.30. The predicted molar refractivity (Wildman–Crippen MR) is 103 cm³/mol. The highest BCUT2D eigenvalue weighted by molar-refractivity contribution is 7.92. The molecule has 0 aromatic heterocycles. The number of para-hydroxylation sites is 2. The zero-order valence-corrected chi connectivity index (χ0v) is 16.0. The van der Waals surface area contributed by atoms with Gasteiger partial charge in [0.25, 0.3) is 0 Å². The number of carbonyl (C=O) groups is 1. The molecular weight excluding hydrogens is 368 g/mol. The molecule has 1 atom stereocenters. The van der Waals surface area contributed by atoms with Crippen LogP contribution in [0.2, 0.25) is 0 Å². The summed E-state index contributed by atoms with van der Waals surface area (Å²) in [5.41, 5.74) is 1.37. The van der Waals surface area contributed by atoms with Crippen LogP contribution in [0.4, 0.5) is 5.69 Å². The fraction of sp³-hybridized carbons (Fsp3) is 0.316. The molecule has 0 radical (unpaired) electrons. The standard InChI is InChI=1S/C19H22N2O5S/c1-14-6-5-7-15(10-14)21(27(2,23)24)12-19(22)20-11-16-13-25-17-8-3-4-9-18(17)26-16/h3-10,16H,11-13H2,1-2H3,(H,20,22)/t16-/m1/s1. The molecule has 1 aliphatic rings. The minimum Gasteiger partial charge on any atom is -0.486 e. The number of hydrogen-bond acceptors (Lipinski definition) is 5. The fourth-order valence-electron chi connectivity index (χ4n) is 2.76. The number of amides is 1. The zero-order chi connectivity index (χ0) is 19.4. The zero-order valence-electron chi connectivity index (χ0n) is 15.2. The minimum atomic E-state index is -3.60. The van der Waals surface area contributed by atoms with Crippen molar-refractivity contribution in [2.24, 2.45) is 0 Å². The van der Waals surface area contributed by atoms with E-state index < -0.39 is 15.9 Å². The van der Waals surface area contributed by atoms with Crippen molar-refractivity contribution in [1.82, 2.24) is 5.32 Å². The summed E-state index contributed by atoms with van der Waals surface area (Å²) in [6, 6.07) is 14.3. The quantitative estimate of drug-likeness (QED) is 0.812. The maximum atomic E-state index is 12.3.